The van der Waals surface area contributed by atoms with Crippen LogP contribution in [0.3, 0.4) is 0 Å². The standard InChI is InChI=1S/C27H35N3O3S/c1-2-34(33)19-9-10-25-22(16-19)23(27(32)29-25)17-26-21(20-6-3-4-8-24(20)28-26)7-5-13-30-14-11-18(31)12-15-30/h9-10,16-18,28,31H,2-8,11-15H2,1H3,(H,29,32)/b23-17-. The second-order valence-electron chi connectivity index (χ2n) is 9.71. The highest BCUT2D eigenvalue weighted by molar-refractivity contribution is 7.85. The van der Waals surface area contributed by atoms with Gasteiger partial charge in [-0.15, -0.1) is 0 Å². The summed E-state index contributed by atoms with van der Waals surface area (Å²) in [6.07, 6.45) is 10.3. The minimum absolute atomic E-state index is 0.0974. The van der Waals surface area contributed by atoms with Crippen molar-refractivity contribution in [3.8, 4) is 0 Å². The lowest BCUT2D eigenvalue weighted by Crippen LogP contribution is -2.36. The average molecular weight is 482 g/mol. The Labute approximate surface area is 204 Å². The summed E-state index contributed by atoms with van der Waals surface area (Å²) in [4.78, 5) is 19.8. The number of nitrogens with one attached hydrogen (secondary N) is 2. The third-order valence-corrected chi connectivity index (χ3v) is 8.79. The fourth-order valence-electron chi connectivity index (χ4n) is 5.57. The van der Waals surface area contributed by atoms with Crippen LogP contribution in [0.25, 0.3) is 11.6 Å². The first-order valence-electron chi connectivity index (χ1n) is 12.7. The number of rotatable bonds is 7. The molecule has 1 unspecified atom stereocenters. The lowest BCUT2D eigenvalue weighted by Gasteiger charge is -2.29. The molecule has 7 heteroatoms. The number of fused-ring (bicyclic) bond motifs is 2. The van der Waals surface area contributed by atoms with Crippen LogP contribution >= 0.6 is 0 Å². The molecule has 34 heavy (non-hydrogen) atoms. The summed E-state index contributed by atoms with van der Waals surface area (Å²) in [6.45, 7) is 4.90. The van der Waals surface area contributed by atoms with Crippen LogP contribution in [-0.2, 0) is 34.9 Å². The third kappa shape index (κ3) is 4.79. The lowest BCUT2D eigenvalue weighted by molar-refractivity contribution is -0.110. The molecule has 0 saturated carbocycles. The van der Waals surface area contributed by atoms with E-state index < -0.39 is 10.8 Å². The van der Waals surface area contributed by atoms with E-state index in [9.17, 15) is 14.1 Å². The summed E-state index contributed by atoms with van der Waals surface area (Å²) in [5, 5.41) is 12.7. The predicted molar refractivity (Wildman–Crippen MR) is 137 cm³/mol. The van der Waals surface area contributed by atoms with Crippen molar-refractivity contribution in [2.45, 2.75) is 69.3 Å². The zero-order valence-corrected chi connectivity index (χ0v) is 20.8. The van der Waals surface area contributed by atoms with Crippen LogP contribution in [0.4, 0.5) is 5.69 Å². The fraction of sp³-hybridized carbons (Fsp3) is 0.519. The van der Waals surface area contributed by atoms with E-state index in [1.807, 2.05) is 31.2 Å². The van der Waals surface area contributed by atoms with Crippen molar-refractivity contribution in [2.24, 2.45) is 0 Å². The number of aromatic nitrogens is 1. The summed E-state index contributed by atoms with van der Waals surface area (Å²) in [5.41, 5.74) is 7.47. The molecule has 1 atom stereocenters. The highest BCUT2D eigenvalue weighted by Crippen LogP contribution is 2.36. The Hall–Kier alpha value is -2.22. The topological polar surface area (TPSA) is 85.4 Å². The number of aliphatic hydroxyl groups is 1. The van der Waals surface area contributed by atoms with Gasteiger partial charge in [-0.3, -0.25) is 9.00 Å². The molecule has 5 rings (SSSR count). The first kappa shape index (κ1) is 23.5. The maximum Gasteiger partial charge on any atom is 0.256 e. The number of aromatic amines is 1. The highest BCUT2D eigenvalue weighted by atomic mass is 32.2. The van der Waals surface area contributed by atoms with Crippen molar-refractivity contribution in [1.29, 1.82) is 0 Å². The van der Waals surface area contributed by atoms with E-state index in [2.05, 4.69) is 15.2 Å². The van der Waals surface area contributed by atoms with Crippen molar-refractivity contribution in [3.05, 3.63) is 46.3 Å². The number of aliphatic hydroxyl groups excluding tert-OH is 1. The number of carbonyl (C=O) groups excluding carboxylic acids is 1. The Morgan fingerprint density at radius 1 is 1.21 bits per heavy atom. The Bertz CT molecular complexity index is 1130. The van der Waals surface area contributed by atoms with Gasteiger partial charge in [-0.1, -0.05) is 6.92 Å². The van der Waals surface area contributed by atoms with Gasteiger partial charge in [0.05, 0.1) is 22.5 Å². The average Bonchev–Trinajstić information content (AvgIpc) is 3.36. The molecular weight excluding hydrogens is 446 g/mol. The molecule has 0 radical (unpaired) electrons. The summed E-state index contributed by atoms with van der Waals surface area (Å²) in [5.74, 6) is 0.461. The Morgan fingerprint density at radius 3 is 2.79 bits per heavy atom. The number of amides is 1. The second-order valence-corrected chi connectivity index (χ2v) is 11.5. The third-order valence-electron chi connectivity index (χ3n) is 7.49. The SMILES string of the molecule is CCS(=O)c1ccc2c(c1)/C(=C/c1[nH]c3c(c1CCCN1CCC(O)CC1)CCCC3)C(=O)N2. The van der Waals surface area contributed by atoms with Crippen molar-refractivity contribution >= 4 is 34.0 Å². The molecule has 1 aliphatic carbocycles. The van der Waals surface area contributed by atoms with E-state index in [-0.39, 0.29) is 12.0 Å². The molecule has 3 aliphatic rings. The van der Waals surface area contributed by atoms with E-state index >= 15 is 0 Å². The van der Waals surface area contributed by atoms with Crippen molar-refractivity contribution < 1.29 is 14.1 Å². The quantitative estimate of drug-likeness (QED) is 0.524. The number of likely N-dealkylation sites (tertiary alicyclic amines) is 1. The van der Waals surface area contributed by atoms with Crippen LogP contribution < -0.4 is 5.32 Å². The largest absolute Gasteiger partial charge is 0.393 e. The number of H-pyrrole nitrogens is 1. The molecule has 6 nitrogen and oxygen atoms in total. The van der Waals surface area contributed by atoms with Gasteiger partial charge in [-0.05, 0) is 93.3 Å². The minimum atomic E-state index is -1.06. The van der Waals surface area contributed by atoms with Crippen molar-refractivity contribution in [2.75, 3.05) is 30.7 Å². The van der Waals surface area contributed by atoms with E-state index in [1.54, 1.807) is 0 Å². The summed E-state index contributed by atoms with van der Waals surface area (Å²) < 4.78 is 12.4. The lowest BCUT2D eigenvalue weighted by atomic mass is 9.92. The molecule has 0 bridgehead atoms. The molecule has 3 N–H and O–H groups in total. The fourth-order valence-corrected chi connectivity index (χ4v) is 6.37. The summed E-state index contributed by atoms with van der Waals surface area (Å²) >= 11 is 0. The van der Waals surface area contributed by atoms with Gasteiger partial charge in [0.2, 0.25) is 0 Å². The molecule has 182 valence electrons. The van der Waals surface area contributed by atoms with Gasteiger partial charge in [-0.2, -0.15) is 0 Å². The van der Waals surface area contributed by atoms with Gasteiger partial charge in [-0.25, -0.2) is 0 Å². The molecule has 1 aromatic carbocycles. The van der Waals surface area contributed by atoms with E-state index in [0.29, 0.717) is 11.3 Å². The monoisotopic (exact) mass is 481 g/mol. The Balaban J connectivity index is 1.42. The first-order valence-corrected chi connectivity index (χ1v) is 14.0. The molecule has 1 fully saturated rings. The molecular formula is C27H35N3O3S. The highest BCUT2D eigenvalue weighted by Gasteiger charge is 2.27. The first-order chi connectivity index (χ1) is 16.5. The van der Waals surface area contributed by atoms with Gasteiger partial charge in [0.25, 0.3) is 5.91 Å². The molecule has 2 aliphatic heterocycles. The summed E-state index contributed by atoms with van der Waals surface area (Å²) in [6, 6.07) is 5.62. The van der Waals surface area contributed by atoms with Gasteiger partial charge in [0, 0.05) is 46.4 Å². The molecule has 1 aromatic heterocycles. The number of hydrogen-bond acceptors (Lipinski definition) is 4. The van der Waals surface area contributed by atoms with Crippen molar-refractivity contribution in [1.82, 2.24) is 9.88 Å². The molecule has 1 saturated heterocycles. The Kier molecular flexibility index (Phi) is 7.04. The van der Waals surface area contributed by atoms with Crippen LogP contribution in [0.2, 0.25) is 0 Å². The van der Waals surface area contributed by atoms with Gasteiger partial charge < -0.3 is 20.3 Å². The maximum absolute atomic E-state index is 12.9. The predicted octanol–water partition coefficient (Wildman–Crippen LogP) is 3.90. The van der Waals surface area contributed by atoms with Crippen LogP contribution in [0, 0.1) is 0 Å². The maximum atomic E-state index is 12.9. The van der Waals surface area contributed by atoms with Gasteiger partial charge in [0.1, 0.15) is 0 Å². The van der Waals surface area contributed by atoms with Crippen molar-refractivity contribution in [3.63, 3.8) is 0 Å². The number of piperidine rings is 1. The number of carbonyl (C=O) groups is 1. The number of benzene rings is 1. The van der Waals surface area contributed by atoms with E-state index in [4.69, 9.17) is 0 Å². The number of nitrogens with zero attached hydrogens (tertiary/aromatic N) is 1. The molecule has 1 amide bonds. The number of aryl methyl sites for hydroxylation is 1. The number of anilines is 1. The van der Waals surface area contributed by atoms with Crippen LogP contribution in [0.15, 0.2) is 23.1 Å². The van der Waals surface area contributed by atoms with E-state index in [0.717, 1.165) is 80.0 Å². The van der Waals surface area contributed by atoms with E-state index in [1.165, 1.54) is 29.7 Å². The zero-order chi connectivity index (χ0) is 23.7. The van der Waals surface area contributed by atoms with Gasteiger partial charge in [0.15, 0.2) is 0 Å². The Morgan fingerprint density at radius 2 is 2.00 bits per heavy atom. The van der Waals surface area contributed by atoms with Crippen LogP contribution in [-0.4, -0.2) is 56.6 Å². The minimum Gasteiger partial charge on any atom is -0.393 e. The zero-order valence-electron chi connectivity index (χ0n) is 20.0. The van der Waals surface area contributed by atoms with Crippen LogP contribution in [0.5, 0.6) is 0 Å². The second kappa shape index (κ2) is 10.2. The molecule has 0 spiro atoms. The summed E-state index contributed by atoms with van der Waals surface area (Å²) in [7, 11) is -1.06. The van der Waals surface area contributed by atoms with Crippen LogP contribution in [0.1, 0.15) is 67.1 Å². The number of hydrogen-bond donors (Lipinski definition) is 3. The molecule has 3 heterocycles. The molecule has 2 aromatic rings. The van der Waals surface area contributed by atoms with Gasteiger partial charge >= 0.3 is 0 Å². The normalized spacial score (nSPS) is 20.9. The smallest absolute Gasteiger partial charge is 0.256 e.